The van der Waals surface area contributed by atoms with E-state index < -0.39 is 5.82 Å². The van der Waals surface area contributed by atoms with E-state index in [9.17, 15) is 9.18 Å². The Morgan fingerprint density at radius 2 is 2.00 bits per heavy atom. The number of fused-ring (bicyclic) bond motifs is 1. The minimum absolute atomic E-state index is 0.0590. The highest BCUT2D eigenvalue weighted by Gasteiger charge is 2.19. The molecular weight excluding hydrogens is 273 g/mol. The molecule has 0 aliphatic rings. The molecule has 0 aliphatic heterocycles. The fourth-order valence-electron chi connectivity index (χ4n) is 2.09. The van der Waals surface area contributed by atoms with Crippen LogP contribution in [0, 0.1) is 5.82 Å². The maximum absolute atomic E-state index is 14.2. The largest absolute Gasteiger partial charge is 0.268 e. The van der Waals surface area contributed by atoms with Crippen LogP contribution in [0.1, 0.15) is 26.3 Å². The van der Waals surface area contributed by atoms with Gasteiger partial charge in [-0.05, 0) is 23.1 Å². The third kappa shape index (κ3) is 2.20. The normalized spacial score (nSPS) is 12.0. The van der Waals surface area contributed by atoms with Crippen LogP contribution >= 0.6 is 0 Å². The Balaban J connectivity index is 2.35. The van der Waals surface area contributed by atoms with E-state index in [0.717, 1.165) is 5.56 Å². The van der Waals surface area contributed by atoms with Gasteiger partial charge in [0.05, 0.1) is 5.39 Å². The Bertz CT molecular complexity index is 861. The van der Waals surface area contributed by atoms with Crippen molar-refractivity contribution in [2.45, 2.75) is 26.2 Å². The van der Waals surface area contributed by atoms with Gasteiger partial charge in [-0.15, -0.1) is 0 Å². The van der Waals surface area contributed by atoms with Gasteiger partial charge in [0.25, 0.3) is 5.56 Å². The van der Waals surface area contributed by atoms with Crippen LogP contribution < -0.4 is 5.56 Å². The molecule has 1 N–H and O–H groups in total. The standard InChI is InChI=1S/C14H14FN5O/c1-14(2,3)8-4-9-11(10(15)5-8)17-7-20(12(9)21)13-16-6-18-19-13/h4-7H,1-3H3,(H,16,18,19). The van der Waals surface area contributed by atoms with Crippen molar-refractivity contribution in [3.8, 4) is 5.95 Å². The molecule has 0 spiro atoms. The lowest BCUT2D eigenvalue weighted by molar-refractivity contribution is 0.575. The number of aromatic nitrogens is 5. The minimum atomic E-state index is -0.501. The van der Waals surface area contributed by atoms with E-state index in [2.05, 4.69) is 20.2 Å². The zero-order chi connectivity index (χ0) is 15.2. The highest BCUT2D eigenvalue weighted by molar-refractivity contribution is 5.79. The summed E-state index contributed by atoms with van der Waals surface area (Å²) in [6, 6.07) is 3.11. The van der Waals surface area contributed by atoms with Gasteiger partial charge in [-0.2, -0.15) is 10.1 Å². The molecule has 108 valence electrons. The number of hydrogen-bond acceptors (Lipinski definition) is 4. The van der Waals surface area contributed by atoms with Crippen LogP contribution in [0.3, 0.4) is 0 Å². The van der Waals surface area contributed by atoms with Gasteiger partial charge in [0, 0.05) is 0 Å². The first-order valence-electron chi connectivity index (χ1n) is 6.45. The van der Waals surface area contributed by atoms with E-state index in [4.69, 9.17) is 0 Å². The van der Waals surface area contributed by atoms with Crippen molar-refractivity contribution in [1.29, 1.82) is 0 Å². The maximum atomic E-state index is 14.2. The number of aromatic amines is 1. The van der Waals surface area contributed by atoms with Crippen LogP contribution in [0.2, 0.25) is 0 Å². The number of hydrogen-bond donors (Lipinski definition) is 1. The zero-order valence-electron chi connectivity index (χ0n) is 11.9. The Hall–Kier alpha value is -2.57. The number of halogens is 1. The van der Waals surface area contributed by atoms with Gasteiger partial charge in [0.2, 0.25) is 5.95 Å². The SMILES string of the molecule is CC(C)(C)c1cc(F)c2ncn(-c3ncn[nH]3)c(=O)c2c1. The van der Waals surface area contributed by atoms with Gasteiger partial charge in [-0.3, -0.25) is 4.79 Å². The van der Waals surface area contributed by atoms with Crippen molar-refractivity contribution >= 4 is 10.9 Å². The molecule has 0 unspecified atom stereocenters. The van der Waals surface area contributed by atoms with E-state index in [-0.39, 0.29) is 27.8 Å². The Morgan fingerprint density at radius 3 is 2.62 bits per heavy atom. The quantitative estimate of drug-likeness (QED) is 0.742. The summed E-state index contributed by atoms with van der Waals surface area (Å²) in [7, 11) is 0. The summed E-state index contributed by atoms with van der Waals surface area (Å²) in [5.74, 6) is -0.254. The molecule has 3 rings (SSSR count). The van der Waals surface area contributed by atoms with Crippen LogP contribution in [-0.2, 0) is 5.41 Å². The van der Waals surface area contributed by atoms with Crippen molar-refractivity contribution in [2.75, 3.05) is 0 Å². The van der Waals surface area contributed by atoms with Gasteiger partial charge < -0.3 is 0 Å². The molecule has 0 fully saturated rings. The van der Waals surface area contributed by atoms with Gasteiger partial charge in [0.15, 0.2) is 0 Å². The molecule has 21 heavy (non-hydrogen) atoms. The van der Waals surface area contributed by atoms with E-state index in [1.54, 1.807) is 6.07 Å². The van der Waals surface area contributed by atoms with Crippen molar-refractivity contribution in [3.05, 3.63) is 46.5 Å². The van der Waals surface area contributed by atoms with Crippen LogP contribution in [0.5, 0.6) is 0 Å². The fraction of sp³-hybridized carbons (Fsp3) is 0.286. The topological polar surface area (TPSA) is 76.5 Å². The van der Waals surface area contributed by atoms with Crippen LogP contribution in [0.4, 0.5) is 4.39 Å². The molecule has 0 bridgehead atoms. The van der Waals surface area contributed by atoms with E-state index in [0.29, 0.717) is 0 Å². The lowest BCUT2D eigenvalue weighted by atomic mass is 9.86. The first-order chi connectivity index (χ1) is 9.88. The monoisotopic (exact) mass is 287 g/mol. The second-order valence-corrected chi connectivity index (χ2v) is 5.83. The number of nitrogens with zero attached hydrogens (tertiary/aromatic N) is 4. The molecule has 2 aromatic heterocycles. The third-order valence-corrected chi connectivity index (χ3v) is 3.31. The van der Waals surface area contributed by atoms with E-state index >= 15 is 0 Å². The first-order valence-corrected chi connectivity index (χ1v) is 6.45. The van der Waals surface area contributed by atoms with E-state index in [1.807, 2.05) is 20.8 Å². The van der Waals surface area contributed by atoms with E-state index in [1.165, 1.54) is 23.3 Å². The molecule has 0 aliphatic carbocycles. The van der Waals surface area contributed by atoms with Crippen molar-refractivity contribution in [1.82, 2.24) is 24.7 Å². The number of H-pyrrole nitrogens is 1. The molecule has 0 atom stereocenters. The van der Waals surface area contributed by atoms with Crippen LogP contribution in [0.25, 0.3) is 16.9 Å². The summed E-state index contributed by atoms with van der Waals surface area (Å²) in [6.07, 6.45) is 2.53. The van der Waals surface area contributed by atoms with Crippen LogP contribution in [0.15, 0.2) is 29.6 Å². The average Bonchev–Trinajstić information content (AvgIpc) is 2.92. The molecular formula is C14H14FN5O. The Morgan fingerprint density at radius 1 is 1.24 bits per heavy atom. The smallest absolute Gasteiger partial charge is 0.268 e. The van der Waals surface area contributed by atoms with Gasteiger partial charge in [0.1, 0.15) is 24.0 Å². The Labute approximate surface area is 119 Å². The highest BCUT2D eigenvalue weighted by Crippen LogP contribution is 2.26. The predicted molar refractivity (Wildman–Crippen MR) is 75.9 cm³/mol. The lowest BCUT2D eigenvalue weighted by Crippen LogP contribution is -2.21. The summed E-state index contributed by atoms with van der Waals surface area (Å²) in [5.41, 5.74) is 0.140. The summed E-state index contributed by atoms with van der Waals surface area (Å²) in [4.78, 5) is 20.5. The maximum Gasteiger partial charge on any atom is 0.268 e. The van der Waals surface area contributed by atoms with Gasteiger partial charge >= 0.3 is 0 Å². The molecule has 0 saturated carbocycles. The molecule has 3 aromatic rings. The van der Waals surface area contributed by atoms with Crippen molar-refractivity contribution in [2.24, 2.45) is 0 Å². The predicted octanol–water partition coefficient (Wildman–Crippen LogP) is 1.94. The molecule has 1 aromatic carbocycles. The third-order valence-electron chi connectivity index (χ3n) is 3.31. The van der Waals surface area contributed by atoms with Crippen LogP contribution in [-0.4, -0.2) is 24.7 Å². The molecule has 0 amide bonds. The highest BCUT2D eigenvalue weighted by atomic mass is 19.1. The molecule has 0 radical (unpaired) electrons. The molecule has 7 heteroatoms. The summed E-state index contributed by atoms with van der Waals surface area (Å²) >= 11 is 0. The summed E-state index contributed by atoms with van der Waals surface area (Å²) in [6.45, 7) is 5.87. The second kappa shape index (κ2) is 4.47. The van der Waals surface area contributed by atoms with Gasteiger partial charge in [-0.25, -0.2) is 19.0 Å². The summed E-state index contributed by atoms with van der Waals surface area (Å²) < 4.78 is 15.4. The number of nitrogens with one attached hydrogen (secondary N) is 1. The average molecular weight is 287 g/mol. The van der Waals surface area contributed by atoms with Gasteiger partial charge in [-0.1, -0.05) is 20.8 Å². The zero-order valence-corrected chi connectivity index (χ0v) is 11.9. The van der Waals surface area contributed by atoms with Crippen molar-refractivity contribution < 1.29 is 4.39 Å². The Kier molecular flexibility index (Phi) is 2.86. The summed E-state index contributed by atoms with van der Waals surface area (Å²) in [5, 5.41) is 6.50. The fourth-order valence-corrected chi connectivity index (χ4v) is 2.09. The number of rotatable bonds is 1. The first kappa shape index (κ1) is 13.4. The number of benzene rings is 1. The molecule has 6 nitrogen and oxygen atoms in total. The minimum Gasteiger partial charge on any atom is -0.268 e. The second-order valence-electron chi connectivity index (χ2n) is 5.83. The molecule has 2 heterocycles. The lowest BCUT2D eigenvalue weighted by Gasteiger charge is -2.19. The molecule has 0 saturated heterocycles. The van der Waals surface area contributed by atoms with Crippen molar-refractivity contribution in [3.63, 3.8) is 0 Å².